The average molecular weight is 215 g/mol. The molecule has 0 heterocycles. The zero-order chi connectivity index (χ0) is 11.8. The van der Waals surface area contributed by atoms with Gasteiger partial charge in [-0.25, -0.2) is 4.79 Å². The lowest BCUT2D eigenvalue weighted by Gasteiger charge is -2.12. The van der Waals surface area contributed by atoms with Gasteiger partial charge >= 0.3 is 5.97 Å². The Morgan fingerprint density at radius 2 is 1.93 bits per heavy atom. The molecule has 0 saturated heterocycles. The van der Waals surface area contributed by atoms with Crippen molar-refractivity contribution in [3.63, 3.8) is 0 Å². The Morgan fingerprint density at radius 1 is 1.33 bits per heavy atom. The molecule has 0 radical (unpaired) electrons. The van der Waals surface area contributed by atoms with Gasteiger partial charge in [0.2, 0.25) is 5.91 Å². The van der Waals surface area contributed by atoms with E-state index in [4.69, 9.17) is 5.11 Å². The van der Waals surface area contributed by atoms with Crippen molar-refractivity contribution in [2.24, 2.45) is 0 Å². The standard InChI is InChI=1S/C10H17NO4/c1-3-4-5-9(13)11-8(10(14)15)6-7(2)12/h8H,3-6H2,1-2H3,(H,11,13)(H,14,15). The van der Waals surface area contributed by atoms with Crippen molar-refractivity contribution >= 4 is 17.7 Å². The van der Waals surface area contributed by atoms with E-state index in [1.54, 1.807) is 0 Å². The van der Waals surface area contributed by atoms with Crippen molar-refractivity contribution in [2.45, 2.75) is 45.6 Å². The minimum atomic E-state index is -1.17. The largest absolute Gasteiger partial charge is 0.480 e. The third kappa shape index (κ3) is 6.65. The van der Waals surface area contributed by atoms with Gasteiger partial charge in [-0.3, -0.25) is 9.59 Å². The lowest BCUT2D eigenvalue weighted by Crippen LogP contribution is -2.41. The first-order valence-corrected chi connectivity index (χ1v) is 4.99. The number of amides is 1. The van der Waals surface area contributed by atoms with Gasteiger partial charge in [-0.15, -0.1) is 0 Å². The summed E-state index contributed by atoms with van der Waals surface area (Å²) in [6, 6.07) is -1.09. The SMILES string of the molecule is CCCCC(=O)NC(CC(C)=O)C(=O)O. The molecular weight excluding hydrogens is 198 g/mol. The zero-order valence-electron chi connectivity index (χ0n) is 9.08. The van der Waals surface area contributed by atoms with E-state index < -0.39 is 12.0 Å². The highest BCUT2D eigenvalue weighted by molar-refractivity contribution is 5.88. The van der Waals surface area contributed by atoms with Gasteiger partial charge in [0.1, 0.15) is 11.8 Å². The van der Waals surface area contributed by atoms with Crippen LogP contribution in [0.5, 0.6) is 0 Å². The first-order valence-electron chi connectivity index (χ1n) is 4.99. The first-order chi connectivity index (χ1) is 6.97. The van der Waals surface area contributed by atoms with Crippen LogP contribution in [0.25, 0.3) is 0 Å². The summed E-state index contributed by atoms with van der Waals surface area (Å²) >= 11 is 0. The molecule has 2 N–H and O–H groups in total. The summed E-state index contributed by atoms with van der Waals surface area (Å²) in [7, 11) is 0. The van der Waals surface area contributed by atoms with E-state index >= 15 is 0 Å². The summed E-state index contributed by atoms with van der Waals surface area (Å²) in [6.45, 7) is 3.24. The molecule has 1 unspecified atom stereocenters. The summed E-state index contributed by atoms with van der Waals surface area (Å²) in [5.41, 5.74) is 0. The summed E-state index contributed by atoms with van der Waals surface area (Å²) in [5.74, 6) is -1.74. The van der Waals surface area contributed by atoms with Crippen molar-refractivity contribution < 1.29 is 19.5 Å². The van der Waals surface area contributed by atoms with E-state index in [2.05, 4.69) is 5.32 Å². The Labute approximate surface area is 88.9 Å². The fraction of sp³-hybridized carbons (Fsp3) is 0.700. The maximum atomic E-state index is 11.2. The quantitative estimate of drug-likeness (QED) is 0.655. The fourth-order valence-corrected chi connectivity index (χ4v) is 1.09. The molecule has 5 nitrogen and oxygen atoms in total. The second-order valence-electron chi connectivity index (χ2n) is 3.47. The molecule has 0 rings (SSSR count). The van der Waals surface area contributed by atoms with E-state index in [0.717, 1.165) is 12.8 Å². The van der Waals surface area contributed by atoms with Gasteiger partial charge in [0, 0.05) is 12.8 Å². The van der Waals surface area contributed by atoms with E-state index in [1.807, 2.05) is 6.92 Å². The Hall–Kier alpha value is -1.39. The molecule has 5 heteroatoms. The Morgan fingerprint density at radius 3 is 2.33 bits per heavy atom. The van der Waals surface area contributed by atoms with Crippen LogP contribution in [-0.4, -0.2) is 28.8 Å². The minimum absolute atomic E-state index is 0.160. The van der Waals surface area contributed by atoms with E-state index in [9.17, 15) is 14.4 Å². The van der Waals surface area contributed by atoms with Crippen molar-refractivity contribution in [3.8, 4) is 0 Å². The second kappa shape index (κ2) is 6.98. The number of Topliss-reactive ketones (excluding diaryl/α,β-unsaturated/α-hetero) is 1. The third-order valence-electron chi connectivity index (χ3n) is 1.88. The van der Waals surface area contributed by atoms with Crippen molar-refractivity contribution in [1.29, 1.82) is 0 Å². The summed E-state index contributed by atoms with van der Waals surface area (Å²) in [6.07, 6.45) is 1.74. The number of hydrogen-bond donors (Lipinski definition) is 2. The zero-order valence-corrected chi connectivity index (χ0v) is 9.08. The van der Waals surface area contributed by atoms with Crippen LogP contribution in [-0.2, 0) is 14.4 Å². The molecule has 1 atom stereocenters. The fourth-order valence-electron chi connectivity index (χ4n) is 1.09. The highest BCUT2D eigenvalue weighted by Crippen LogP contribution is 1.98. The maximum Gasteiger partial charge on any atom is 0.326 e. The Kier molecular flexibility index (Phi) is 6.33. The van der Waals surface area contributed by atoms with Crippen LogP contribution in [0.3, 0.4) is 0 Å². The molecule has 0 bridgehead atoms. The highest BCUT2D eigenvalue weighted by Gasteiger charge is 2.20. The number of nitrogens with one attached hydrogen (secondary N) is 1. The number of unbranched alkanes of at least 4 members (excludes halogenated alkanes) is 1. The minimum Gasteiger partial charge on any atom is -0.480 e. The molecule has 0 aromatic heterocycles. The van der Waals surface area contributed by atoms with Crippen LogP contribution in [0.2, 0.25) is 0 Å². The normalized spacial score (nSPS) is 11.9. The number of aliphatic carboxylic acids is 1. The second-order valence-corrected chi connectivity index (χ2v) is 3.47. The molecule has 0 saturated carbocycles. The Bertz CT molecular complexity index is 250. The first kappa shape index (κ1) is 13.6. The maximum absolute atomic E-state index is 11.2. The summed E-state index contributed by atoms with van der Waals surface area (Å²) in [5, 5.41) is 11.1. The van der Waals surface area contributed by atoms with Crippen molar-refractivity contribution in [2.75, 3.05) is 0 Å². The number of ketones is 1. The van der Waals surface area contributed by atoms with Crippen molar-refractivity contribution in [3.05, 3.63) is 0 Å². The molecule has 0 aliphatic heterocycles. The van der Waals surface area contributed by atoms with E-state index in [0.29, 0.717) is 6.42 Å². The number of carbonyl (C=O) groups is 3. The van der Waals surface area contributed by atoms with Gasteiger partial charge in [0.15, 0.2) is 0 Å². The smallest absolute Gasteiger partial charge is 0.326 e. The molecule has 0 aromatic carbocycles. The van der Waals surface area contributed by atoms with Crippen LogP contribution < -0.4 is 5.32 Å². The van der Waals surface area contributed by atoms with Gasteiger partial charge in [-0.1, -0.05) is 13.3 Å². The van der Waals surface area contributed by atoms with Crippen molar-refractivity contribution in [1.82, 2.24) is 5.32 Å². The van der Waals surface area contributed by atoms with Crippen LogP contribution in [0.4, 0.5) is 0 Å². The molecule has 0 aliphatic rings. The third-order valence-corrected chi connectivity index (χ3v) is 1.88. The average Bonchev–Trinajstić information content (AvgIpc) is 2.12. The van der Waals surface area contributed by atoms with E-state index in [-0.39, 0.29) is 18.1 Å². The van der Waals surface area contributed by atoms with Gasteiger partial charge in [-0.2, -0.15) is 0 Å². The van der Waals surface area contributed by atoms with Crippen LogP contribution >= 0.6 is 0 Å². The number of carboxylic acids is 1. The van der Waals surface area contributed by atoms with Crippen LogP contribution in [0.1, 0.15) is 39.5 Å². The molecule has 0 aliphatic carbocycles. The lowest BCUT2D eigenvalue weighted by molar-refractivity contribution is -0.143. The van der Waals surface area contributed by atoms with Crippen LogP contribution in [0, 0.1) is 0 Å². The molecular formula is C10H17NO4. The van der Waals surface area contributed by atoms with Gasteiger partial charge in [0.25, 0.3) is 0 Å². The highest BCUT2D eigenvalue weighted by atomic mass is 16.4. The van der Waals surface area contributed by atoms with Gasteiger partial charge in [-0.05, 0) is 13.3 Å². The van der Waals surface area contributed by atoms with E-state index in [1.165, 1.54) is 6.92 Å². The predicted molar refractivity (Wildman–Crippen MR) is 54.4 cm³/mol. The number of rotatable bonds is 7. The number of hydrogen-bond acceptors (Lipinski definition) is 3. The molecule has 0 fully saturated rings. The number of carbonyl (C=O) groups excluding carboxylic acids is 2. The monoisotopic (exact) mass is 215 g/mol. The van der Waals surface area contributed by atoms with Gasteiger partial charge < -0.3 is 10.4 Å². The molecule has 1 amide bonds. The summed E-state index contributed by atoms with van der Waals surface area (Å²) in [4.78, 5) is 32.6. The topological polar surface area (TPSA) is 83.5 Å². The Balaban J connectivity index is 4.10. The molecule has 86 valence electrons. The van der Waals surface area contributed by atoms with Crippen LogP contribution in [0.15, 0.2) is 0 Å². The lowest BCUT2D eigenvalue weighted by atomic mass is 10.1. The molecule has 15 heavy (non-hydrogen) atoms. The van der Waals surface area contributed by atoms with Gasteiger partial charge in [0.05, 0.1) is 0 Å². The number of carboxylic acid groups (broad SMARTS) is 1. The molecule has 0 spiro atoms. The molecule has 0 aromatic rings. The summed E-state index contributed by atoms with van der Waals surface area (Å²) < 4.78 is 0. The predicted octanol–water partition coefficient (Wildman–Crippen LogP) is 0.725.